The second-order valence-electron chi connectivity index (χ2n) is 5.68. The molecule has 1 rings (SSSR count). The van der Waals surface area contributed by atoms with Crippen molar-refractivity contribution < 1.29 is 4.74 Å². The van der Waals surface area contributed by atoms with Crippen LogP contribution in [0.2, 0.25) is 0 Å². The molecule has 0 bridgehead atoms. The molecule has 0 aromatic heterocycles. The van der Waals surface area contributed by atoms with E-state index in [2.05, 4.69) is 51.2 Å². The molecular formula is C15H25NO. The first kappa shape index (κ1) is 14.0. The molecule has 0 saturated carbocycles. The van der Waals surface area contributed by atoms with Gasteiger partial charge in [0.1, 0.15) is 5.75 Å². The molecule has 0 atom stereocenters. The van der Waals surface area contributed by atoms with Gasteiger partial charge in [-0.05, 0) is 24.6 Å². The van der Waals surface area contributed by atoms with E-state index >= 15 is 0 Å². The van der Waals surface area contributed by atoms with Crippen molar-refractivity contribution >= 4 is 0 Å². The highest BCUT2D eigenvalue weighted by Crippen LogP contribution is 2.27. The zero-order valence-electron chi connectivity index (χ0n) is 11.7. The van der Waals surface area contributed by atoms with Crippen molar-refractivity contribution in [1.82, 2.24) is 5.32 Å². The molecular weight excluding hydrogens is 210 g/mol. The van der Waals surface area contributed by atoms with Crippen LogP contribution in [0.4, 0.5) is 0 Å². The van der Waals surface area contributed by atoms with Crippen LogP contribution in [0.25, 0.3) is 0 Å². The zero-order chi connectivity index (χ0) is 12.9. The molecule has 2 nitrogen and oxygen atoms in total. The standard InChI is InChI=1S/C15H25NO/c1-12(2)13-8-6-7-9-14(13)17-11-15(3,4)10-16-5/h6-9,12,16H,10-11H2,1-5H3. The first-order valence-corrected chi connectivity index (χ1v) is 6.32. The van der Waals surface area contributed by atoms with E-state index < -0.39 is 0 Å². The van der Waals surface area contributed by atoms with Crippen LogP contribution < -0.4 is 10.1 Å². The third-order valence-corrected chi connectivity index (χ3v) is 2.81. The summed E-state index contributed by atoms with van der Waals surface area (Å²) in [5, 5.41) is 3.20. The van der Waals surface area contributed by atoms with Gasteiger partial charge in [-0.3, -0.25) is 0 Å². The smallest absolute Gasteiger partial charge is 0.122 e. The lowest BCUT2D eigenvalue weighted by atomic mass is 9.95. The maximum absolute atomic E-state index is 5.98. The summed E-state index contributed by atoms with van der Waals surface area (Å²) in [6, 6.07) is 8.31. The summed E-state index contributed by atoms with van der Waals surface area (Å²) in [6.07, 6.45) is 0. The summed E-state index contributed by atoms with van der Waals surface area (Å²) >= 11 is 0. The van der Waals surface area contributed by atoms with Crippen LogP contribution in [0.15, 0.2) is 24.3 Å². The molecule has 0 aliphatic rings. The molecule has 1 aromatic rings. The monoisotopic (exact) mass is 235 g/mol. The fourth-order valence-electron chi connectivity index (χ4n) is 1.89. The highest BCUT2D eigenvalue weighted by Gasteiger charge is 2.18. The first-order chi connectivity index (χ1) is 7.96. The summed E-state index contributed by atoms with van der Waals surface area (Å²) < 4.78 is 5.98. The Morgan fingerprint density at radius 3 is 2.47 bits per heavy atom. The van der Waals surface area contributed by atoms with E-state index in [1.807, 2.05) is 13.1 Å². The average molecular weight is 235 g/mol. The Morgan fingerprint density at radius 1 is 1.24 bits per heavy atom. The second-order valence-corrected chi connectivity index (χ2v) is 5.68. The Hall–Kier alpha value is -1.02. The normalized spacial score (nSPS) is 11.9. The van der Waals surface area contributed by atoms with Crippen LogP contribution in [-0.2, 0) is 0 Å². The summed E-state index contributed by atoms with van der Waals surface area (Å²) in [4.78, 5) is 0. The minimum absolute atomic E-state index is 0.152. The van der Waals surface area contributed by atoms with Crippen LogP contribution in [0, 0.1) is 5.41 Å². The number of benzene rings is 1. The molecule has 1 aromatic carbocycles. The lowest BCUT2D eigenvalue weighted by Gasteiger charge is -2.25. The molecule has 2 heteroatoms. The molecule has 0 heterocycles. The van der Waals surface area contributed by atoms with Gasteiger partial charge < -0.3 is 10.1 Å². The average Bonchev–Trinajstić information content (AvgIpc) is 2.27. The van der Waals surface area contributed by atoms with E-state index in [9.17, 15) is 0 Å². The largest absolute Gasteiger partial charge is 0.493 e. The van der Waals surface area contributed by atoms with E-state index in [1.165, 1.54) is 5.56 Å². The molecule has 0 unspecified atom stereocenters. The maximum Gasteiger partial charge on any atom is 0.122 e. The molecule has 0 saturated heterocycles. The van der Waals surface area contributed by atoms with E-state index in [1.54, 1.807) is 0 Å². The molecule has 0 radical (unpaired) electrons. The molecule has 0 fully saturated rings. The van der Waals surface area contributed by atoms with Crippen molar-refractivity contribution in [1.29, 1.82) is 0 Å². The second kappa shape index (κ2) is 6.06. The molecule has 96 valence electrons. The van der Waals surface area contributed by atoms with E-state index in [-0.39, 0.29) is 5.41 Å². The van der Waals surface area contributed by atoms with Crippen molar-refractivity contribution in [3.63, 3.8) is 0 Å². The van der Waals surface area contributed by atoms with Gasteiger partial charge in [-0.2, -0.15) is 0 Å². The highest BCUT2D eigenvalue weighted by atomic mass is 16.5. The van der Waals surface area contributed by atoms with Gasteiger partial charge in [-0.25, -0.2) is 0 Å². The van der Waals surface area contributed by atoms with Crippen molar-refractivity contribution in [2.75, 3.05) is 20.2 Å². The number of nitrogens with one attached hydrogen (secondary N) is 1. The molecule has 1 N–H and O–H groups in total. The third kappa shape index (κ3) is 4.39. The number of hydrogen-bond donors (Lipinski definition) is 1. The predicted molar refractivity (Wildman–Crippen MR) is 73.7 cm³/mol. The van der Waals surface area contributed by atoms with Crippen LogP contribution in [0.5, 0.6) is 5.75 Å². The van der Waals surface area contributed by atoms with Crippen molar-refractivity contribution in [3.8, 4) is 5.75 Å². The van der Waals surface area contributed by atoms with Crippen molar-refractivity contribution in [2.24, 2.45) is 5.41 Å². The Labute approximate surface area is 105 Å². The molecule has 0 spiro atoms. The minimum Gasteiger partial charge on any atom is -0.493 e. The van der Waals surface area contributed by atoms with E-state index in [0.717, 1.165) is 18.9 Å². The van der Waals surface area contributed by atoms with Gasteiger partial charge in [-0.15, -0.1) is 0 Å². The Balaban J connectivity index is 2.69. The fraction of sp³-hybridized carbons (Fsp3) is 0.600. The SMILES string of the molecule is CNCC(C)(C)COc1ccccc1C(C)C. The number of para-hydroxylation sites is 1. The lowest BCUT2D eigenvalue weighted by Crippen LogP contribution is -2.32. The van der Waals surface area contributed by atoms with E-state index in [0.29, 0.717) is 5.92 Å². The predicted octanol–water partition coefficient (Wildman–Crippen LogP) is 3.43. The molecule has 0 amide bonds. The lowest BCUT2D eigenvalue weighted by molar-refractivity contribution is 0.177. The molecule has 0 aliphatic carbocycles. The van der Waals surface area contributed by atoms with Gasteiger partial charge in [0.15, 0.2) is 0 Å². The maximum atomic E-state index is 5.98. The number of hydrogen-bond acceptors (Lipinski definition) is 2. The first-order valence-electron chi connectivity index (χ1n) is 6.32. The fourth-order valence-corrected chi connectivity index (χ4v) is 1.89. The highest BCUT2D eigenvalue weighted by molar-refractivity contribution is 5.35. The van der Waals surface area contributed by atoms with Gasteiger partial charge in [-0.1, -0.05) is 45.9 Å². The van der Waals surface area contributed by atoms with Gasteiger partial charge in [0.25, 0.3) is 0 Å². The number of rotatable bonds is 6. The Kier molecular flexibility index (Phi) is 5.01. The molecule has 0 aliphatic heterocycles. The summed E-state index contributed by atoms with van der Waals surface area (Å²) in [5.74, 6) is 1.52. The van der Waals surface area contributed by atoms with Crippen LogP contribution in [0.3, 0.4) is 0 Å². The Bertz CT molecular complexity index is 345. The Morgan fingerprint density at radius 2 is 1.88 bits per heavy atom. The van der Waals surface area contributed by atoms with Crippen LogP contribution in [-0.4, -0.2) is 20.2 Å². The zero-order valence-corrected chi connectivity index (χ0v) is 11.7. The third-order valence-electron chi connectivity index (χ3n) is 2.81. The van der Waals surface area contributed by atoms with Gasteiger partial charge in [0.2, 0.25) is 0 Å². The van der Waals surface area contributed by atoms with Crippen molar-refractivity contribution in [2.45, 2.75) is 33.6 Å². The number of ether oxygens (including phenoxy) is 1. The van der Waals surface area contributed by atoms with Crippen LogP contribution in [0.1, 0.15) is 39.2 Å². The van der Waals surface area contributed by atoms with Crippen molar-refractivity contribution in [3.05, 3.63) is 29.8 Å². The topological polar surface area (TPSA) is 21.3 Å². The van der Waals surface area contributed by atoms with Crippen LogP contribution >= 0.6 is 0 Å². The minimum atomic E-state index is 0.152. The van der Waals surface area contributed by atoms with Gasteiger partial charge in [0, 0.05) is 12.0 Å². The van der Waals surface area contributed by atoms with E-state index in [4.69, 9.17) is 4.74 Å². The summed E-state index contributed by atoms with van der Waals surface area (Å²) in [7, 11) is 1.98. The molecule has 17 heavy (non-hydrogen) atoms. The van der Waals surface area contributed by atoms with Gasteiger partial charge >= 0.3 is 0 Å². The quantitative estimate of drug-likeness (QED) is 0.815. The summed E-state index contributed by atoms with van der Waals surface area (Å²) in [6.45, 7) is 10.5. The van der Waals surface area contributed by atoms with Gasteiger partial charge in [0.05, 0.1) is 6.61 Å². The summed E-state index contributed by atoms with van der Waals surface area (Å²) in [5.41, 5.74) is 1.44.